The quantitative estimate of drug-likeness (QED) is 0.686. The molecule has 7 heteroatoms. The van der Waals surface area contributed by atoms with Gasteiger partial charge in [-0.05, 0) is 48.2 Å². The average Bonchev–Trinajstić information content (AvgIpc) is 3.32. The van der Waals surface area contributed by atoms with E-state index in [0.29, 0.717) is 18.7 Å². The molecule has 1 aromatic heterocycles. The Balaban J connectivity index is 1.70. The number of hydrogen-bond donors (Lipinski definition) is 3. The van der Waals surface area contributed by atoms with Gasteiger partial charge in [0.2, 0.25) is 10.0 Å². The Morgan fingerprint density at radius 1 is 1.09 bits per heavy atom. The fourth-order valence-corrected chi connectivity index (χ4v) is 3.88. The van der Waals surface area contributed by atoms with Gasteiger partial charge in [-0.15, -0.1) is 0 Å². The predicted octanol–water partition coefficient (Wildman–Crippen LogP) is 2.84. The molecule has 118 valence electrons. The molecule has 4 rings (SSSR count). The second-order valence-electron chi connectivity index (χ2n) is 5.73. The van der Waals surface area contributed by atoms with Crippen molar-refractivity contribution in [3.05, 3.63) is 42.5 Å². The van der Waals surface area contributed by atoms with Gasteiger partial charge in [-0.3, -0.25) is 9.82 Å². The Hall–Kier alpha value is -2.54. The average molecular weight is 329 g/mol. The monoisotopic (exact) mass is 329 g/mol. The maximum absolute atomic E-state index is 12.0. The SMILES string of the molecule is O=S(=O)(Nc1n[nH]c2cc(-c3ccc(O)cc3)ccc12)C1CC1. The standard InChI is InChI=1S/C16H15N3O3S/c20-12-4-1-10(2-5-12)11-3-8-14-15(9-11)17-18-16(14)19-23(21,22)13-6-7-13/h1-5,8-9,13,20H,6-7H2,(H2,17,18,19). The van der Waals surface area contributed by atoms with Crippen LogP contribution in [0.2, 0.25) is 0 Å². The van der Waals surface area contributed by atoms with Gasteiger partial charge in [0.25, 0.3) is 0 Å². The summed E-state index contributed by atoms with van der Waals surface area (Å²) < 4.78 is 26.6. The van der Waals surface area contributed by atoms with Crippen molar-refractivity contribution in [2.75, 3.05) is 4.72 Å². The molecule has 0 unspecified atom stereocenters. The van der Waals surface area contributed by atoms with Crippen LogP contribution in [0.3, 0.4) is 0 Å². The molecule has 3 N–H and O–H groups in total. The number of aromatic nitrogens is 2. The summed E-state index contributed by atoms with van der Waals surface area (Å²) in [5, 5.41) is 16.8. The molecule has 3 aromatic rings. The Kier molecular flexibility index (Phi) is 3.05. The van der Waals surface area contributed by atoms with E-state index in [4.69, 9.17) is 0 Å². The fourth-order valence-electron chi connectivity index (χ4n) is 2.53. The van der Waals surface area contributed by atoms with Crippen LogP contribution in [0.1, 0.15) is 12.8 Å². The van der Waals surface area contributed by atoms with E-state index in [-0.39, 0.29) is 11.0 Å². The molecule has 0 amide bonds. The van der Waals surface area contributed by atoms with Crippen molar-refractivity contribution < 1.29 is 13.5 Å². The molecule has 0 atom stereocenters. The lowest BCUT2D eigenvalue weighted by Crippen LogP contribution is -2.17. The number of nitrogens with one attached hydrogen (secondary N) is 2. The van der Waals surface area contributed by atoms with E-state index in [0.717, 1.165) is 22.0 Å². The van der Waals surface area contributed by atoms with Crippen LogP contribution in [0.25, 0.3) is 22.0 Å². The molecule has 0 spiro atoms. The molecule has 6 nitrogen and oxygen atoms in total. The molecule has 1 aliphatic carbocycles. The Bertz CT molecular complexity index is 973. The van der Waals surface area contributed by atoms with Crippen LogP contribution in [0.4, 0.5) is 5.82 Å². The third kappa shape index (κ3) is 2.63. The summed E-state index contributed by atoms with van der Waals surface area (Å²) in [6, 6.07) is 12.5. The minimum Gasteiger partial charge on any atom is -0.508 e. The van der Waals surface area contributed by atoms with Crippen molar-refractivity contribution in [3.63, 3.8) is 0 Å². The number of phenols is 1. The number of H-pyrrole nitrogens is 1. The molecule has 1 heterocycles. The summed E-state index contributed by atoms with van der Waals surface area (Å²) in [5.41, 5.74) is 2.67. The van der Waals surface area contributed by atoms with Gasteiger partial charge in [0.05, 0.1) is 10.8 Å². The molecule has 1 aliphatic rings. The summed E-state index contributed by atoms with van der Waals surface area (Å²) in [6.07, 6.45) is 1.42. The number of anilines is 1. The number of sulfonamides is 1. The highest BCUT2D eigenvalue weighted by molar-refractivity contribution is 7.93. The minimum atomic E-state index is -3.33. The van der Waals surface area contributed by atoms with Crippen molar-refractivity contribution in [1.82, 2.24) is 10.2 Å². The van der Waals surface area contributed by atoms with Crippen LogP contribution in [-0.4, -0.2) is 29.0 Å². The van der Waals surface area contributed by atoms with Gasteiger partial charge in [0.1, 0.15) is 5.75 Å². The first-order chi connectivity index (χ1) is 11.0. The number of hydrogen-bond acceptors (Lipinski definition) is 4. The van der Waals surface area contributed by atoms with Crippen LogP contribution in [0.5, 0.6) is 5.75 Å². The van der Waals surface area contributed by atoms with Gasteiger partial charge in [-0.1, -0.05) is 18.2 Å². The summed E-state index contributed by atoms with van der Waals surface area (Å²) in [7, 11) is -3.33. The summed E-state index contributed by atoms with van der Waals surface area (Å²) in [6.45, 7) is 0. The van der Waals surface area contributed by atoms with E-state index in [1.165, 1.54) is 0 Å². The first-order valence-electron chi connectivity index (χ1n) is 7.32. The van der Waals surface area contributed by atoms with Gasteiger partial charge < -0.3 is 5.11 Å². The largest absolute Gasteiger partial charge is 0.508 e. The van der Waals surface area contributed by atoms with Crippen molar-refractivity contribution in [1.29, 1.82) is 0 Å². The zero-order chi connectivity index (χ0) is 16.0. The lowest BCUT2D eigenvalue weighted by atomic mass is 10.0. The lowest BCUT2D eigenvalue weighted by Gasteiger charge is -2.05. The summed E-state index contributed by atoms with van der Waals surface area (Å²) >= 11 is 0. The number of nitrogens with zero attached hydrogens (tertiary/aromatic N) is 1. The van der Waals surface area contributed by atoms with Gasteiger partial charge in [0, 0.05) is 5.39 Å². The highest BCUT2D eigenvalue weighted by Crippen LogP contribution is 2.32. The first-order valence-corrected chi connectivity index (χ1v) is 8.87. The Labute approximate surface area is 133 Å². The predicted molar refractivity (Wildman–Crippen MR) is 88.8 cm³/mol. The maximum Gasteiger partial charge on any atom is 0.236 e. The molecule has 0 aliphatic heterocycles. The lowest BCUT2D eigenvalue weighted by molar-refractivity contribution is 0.475. The van der Waals surface area contributed by atoms with Crippen LogP contribution in [-0.2, 0) is 10.0 Å². The van der Waals surface area contributed by atoms with Gasteiger partial charge in [-0.2, -0.15) is 5.10 Å². The van der Waals surface area contributed by atoms with E-state index >= 15 is 0 Å². The third-order valence-corrected chi connectivity index (χ3v) is 5.79. The van der Waals surface area contributed by atoms with E-state index in [2.05, 4.69) is 14.9 Å². The smallest absolute Gasteiger partial charge is 0.236 e. The molecular weight excluding hydrogens is 314 g/mol. The number of aromatic hydroxyl groups is 1. The third-order valence-electron chi connectivity index (χ3n) is 3.97. The van der Waals surface area contributed by atoms with Gasteiger partial charge in [-0.25, -0.2) is 8.42 Å². The van der Waals surface area contributed by atoms with Crippen molar-refractivity contribution >= 4 is 26.7 Å². The molecule has 0 saturated heterocycles. The van der Waals surface area contributed by atoms with E-state index < -0.39 is 10.0 Å². The highest BCUT2D eigenvalue weighted by Gasteiger charge is 2.36. The Morgan fingerprint density at radius 3 is 2.48 bits per heavy atom. The van der Waals surface area contributed by atoms with Crippen LogP contribution >= 0.6 is 0 Å². The Morgan fingerprint density at radius 2 is 1.78 bits per heavy atom. The van der Waals surface area contributed by atoms with E-state index in [1.807, 2.05) is 30.3 Å². The second-order valence-corrected chi connectivity index (χ2v) is 7.69. The van der Waals surface area contributed by atoms with Crippen LogP contribution in [0.15, 0.2) is 42.5 Å². The molecule has 2 aromatic carbocycles. The van der Waals surface area contributed by atoms with Crippen LogP contribution in [0, 0.1) is 0 Å². The van der Waals surface area contributed by atoms with E-state index in [1.54, 1.807) is 12.1 Å². The molecular formula is C16H15N3O3S. The topological polar surface area (TPSA) is 95.1 Å². The highest BCUT2D eigenvalue weighted by atomic mass is 32.2. The molecule has 23 heavy (non-hydrogen) atoms. The molecule has 1 saturated carbocycles. The second kappa shape index (κ2) is 4.99. The number of benzene rings is 2. The van der Waals surface area contributed by atoms with Crippen molar-refractivity contribution in [3.8, 4) is 16.9 Å². The number of rotatable bonds is 4. The number of aromatic amines is 1. The summed E-state index contributed by atoms with van der Waals surface area (Å²) in [5.74, 6) is 0.553. The normalized spacial score (nSPS) is 15.0. The number of phenolic OH excluding ortho intramolecular Hbond substituents is 1. The minimum absolute atomic E-state index is 0.216. The zero-order valence-corrected chi connectivity index (χ0v) is 13.0. The van der Waals surface area contributed by atoms with Gasteiger partial charge in [0.15, 0.2) is 5.82 Å². The summed E-state index contributed by atoms with van der Waals surface area (Å²) in [4.78, 5) is 0. The van der Waals surface area contributed by atoms with Gasteiger partial charge >= 0.3 is 0 Å². The molecule has 0 radical (unpaired) electrons. The maximum atomic E-state index is 12.0. The zero-order valence-electron chi connectivity index (χ0n) is 12.2. The van der Waals surface area contributed by atoms with E-state index in [9.17, 15) is 13.5 Å². The molecule has 1 fully saturated rings. The van der Waals surface area contributed by atoms with Crippen LogP contribution < -0.4 is 4.72 Å². The number of fused-ring (bicyclic) bond motifs is 1. The van der Waals surface area contributed by atoms with Crippen molar-refractivity contribution in [2.45, 2.75) is 18.1 Å². The first kappa shape index (κ1) is 14.1. The fraction of sp³-hybridized carbons (Fsp3) is 0.188. The molecule has 0 bridgehead atoms. The van der Waals surface area contributed by atoms with Crippen molar-refractivity contribution in [2.24, 2.45) is 0 Å².